The number of aliphatic imine (C=N–C) groups is 1. The topological polar surface area (TPSA) is 131 Å². The quantitative estimate of drug-likeness (QED) is 0.549. The predicted molar refractivity (Wildman–Crippen MR) is 107 cm³/mol. The molecule has 146 valence electrons. The van der Waals surface area contributed by atoms with Gasteiger partial charge in [-0.15, -0.1) is 0 Å². The highest BCUT2D eigenvalue weighted by Gasteiger charge is 2.43. The van der Waals surface area contributed by atoms with E-state index in [9.17, 15) is 9.90 Å². The zero-order chi connectivity index (χ0) is 19.7. The summed E-state index contributed by atoms with van der Waals surface area (Å²) >= 11 is 0. The number of nitrogens with two attached hydrogens (primary N) is 2. The number of benzene rings is 1. The van der Waals surface area contributed by atoms with Crippen LogP contribution in [0, 0.1) is 0 Å². The van der Waals surface area contributed by atoms with Crippen LogP contribution in [0.2, 0.25) is 0 Å². The molecule has 0 spiro atoms. The first kappa shape index (κ1) is 18.4. The molecule has 1 atom stereocenters. The van der Waals surface area contributed by atoms with E-state index in [0.29, 0.717) is 25.3 Å². The molecule has 1 aliphatic heterocycles. The Kier molecular flexibility index (Phi) is 4.72. The molecule has 8 heteroatoms. The third-order valence-electron chi connectivity index (χ3n) is 5.79. The van der Waals surface area contributed by atoms with Gasteiger partial charge >= 0.3 is 6.03 Å². The van der Waals surface area contributed by atoms with Crippen molar-refractivity contribution in [1.82, 2.24) is 14.9 Å². The van der Waals surface area contributed by atoms with Gasteiger partial charge in [0.05, 0.1) is 11.5 Å². The van der Waals surface area contributed by atoms with Crippen molar-refractivity contribution in [3.05, 3.63) is 42.2 Å². The maximum absolute atomic E-state index is 12.4. The van der Waals surface area contributed by atoms with Crippen molar-refractivity contribution in [1.29, 1.82) is 0 Å². The number of urea groups is 1. The Balaban J connectivity index is 1.56. The number of nitrogen functional groups attached to an aromatic ring is 1. The van der Waals surface area contributed by atoms with Crippen molar-refractivity contribution >= 4 is 17.8 Å². The number of rotatable bonds is 3. The molecular formula is C20H24N6O2. The van der Waals surface area contributed by atoms with Gasteiger partial charge in [0.2, 0.25) is 5.95 Å². The van der Waals surface area contributed by atoms with Gasteiger partial charge in [-0.3, -0.25) is 0 Å². The van der Waals surface area contributed by atoms with E-state index < -0.39 is 11.5 Å². The third kappa shape index (κ3) is 3.31. The number of anilines is 1. The van der Waals surface area contributed by atoms with Crippen molar-refractivity contribution in [3.8, 4) is 11.1 Å². The summed E-state index contributed by atoms with van der Waals surface area (Å²) in [5, 5.41) is 9.62. The first-order chi connectivity index (χ1) is 13.5. The second kappa shape index (κ2) is 7.20. The lowest BCUT2D eigenvalue weighted by Crippen LogP contribution is -2.48. The van der Waals surface area contributed by atoms with Crippen LogP contribution in [0.3, 0.4) is 0 Å². The maximum Gasteiger partial charge on any atom is 0.345 e. The summed E-state index contributed by atoms with van der Waals surface area (Å²) in [5.74, 6) is 0.599. The molecule has 1 saturated carbocycles. The molecule has 2 aromatic rings. The fourth-order valence-electron chi connectivity index (χ4n) is 3.89. The van der Waals surface area contributed by atoms with E-state index in [1.165, 1.54) is 0 Å². The highest BCUT2D eigenvalue weighted by molar-refractivity contribution is 6.00. The average Bonchev–Trinajstić information content (AvgIpc) is 3.09. The van der Waals surface area contributed by atoms with Gasteiger partial charge in [-0.05, 0) is 30.4 Å². The molecule has 5 N–H and O–H groups in total. The number of β-amino-alcohol motifs (C(OH)–C–C–N with tert-alkyl or cyclic N) is 1. The molecular weight excluding hydrogens is 356 g/mol. The smallest absolute Gasteiger partial charge is 0.345 e. The van der Waals surface area contributed by atoms with E-state index in [1.54, 1.807) is 17.3 Å². The van der Waals surface area contributed by atoms with Crippen LogP contribution in [0.1, 0.15) is 31.2 Å². The minimum Gasteiger partial charge on any atom is -0.391 e. The molecule has 2 heterocycles. The molecule has 1 aromatic carbocycles. The molecule has 1 saturated heterocycles. The van der Waals surface area contributed by atoms with E-state index in [1.807, 2.05) is 24.3 Å². The molecule has 2 fully saturated rings. The molecule has 1 aromatic heterocycles. The minimum absolute atomic E-state index is 0.243. The molecule has 0 bridgehead atoms. The maximum atomic E-state index is 12.4. The van der Waals surface area contributed by atoms with Crippen molar-refractivity contribution in [2.45, 2.75) is 37.2 Å². The van der Waals surface area contributed by atoms with E-state index in [2.05, 4.69) is 15.0 Å². The highest BCUT2D eigenvalue weighted by atomic mass is 16.3. The van der Waals surface area contributed by atoms with Gasteiger partial charge in [-0.25, -0.2) is 14.8 Å². The highest BCUT2D eigenvalue weighted by Crippen LogP contribution is 2.44. The molecule has 4 rings (SSSR count). The first-order valence-corrected chi connectivity index (χ1v) is 9.48. The van der Waals surface area contributed by atoms with E-state index in [4.69, 9.17) is 11.5 Å². The van der Waals surface area contributed by atoms with E-state index in [0.717, 1.165) is 36.0 Å². The first-order valence-electron chi connectivity index (χ1n) is 9.48. The van der Waals surface area contributed by atoms with Gasteiger partial charge in [0.1, 0.15) is 5.84 Å². The minimum atomic E-state index is -0.470. The van der Waals surface area contributed by atoms with Crippen LogP contribution in [0.15, 0.2) is 41.7 Å². The monoisotopic (exact) mass is 380 g/mol. The van der Waals surface area contributed by atoms with Crippen LogP contribution in [-0.2, 0) is 5.41 Å². The number of carbonyl (C=O) groups excluding carboxylic acids is 1. The number of likely N-dealkylation sites (tertiary alicyclic amines) is 1. The molecule has 8 nitrogen and oxygen atoms in total. The predicted octanol–water partition coefficient (Wildman–Crippen LogP) is 1.69. The van der Waals surface area contributed by atoms with Crippen molar-refractivity contribution < 1.29 is 9.90 Å². The van der Waals surface area contributed by atoms with E-state index in [-0.39, 0.29) is 12.0 Å². The SMILES string of the molecule is NC(=NC(=O)N1CC[C@H](O)C1)C1(c2ccc(-c3cnc(N)nc3)cc2)CCC1. The summed E-state index contributed by atoms with van der Waals surface area (Å²) in [7, 11) is 0. The van der Waals surface area contributed by atoms with Crippen molar-refractivity contribution in [2.75, 3.05) is 18.8 Å². The zero-order valence-electron chi connectivity index (χ0n) is 15.6. The number of aliphatic hydroxyl groups is 1. The number of nitrogens with zero attached hydrogens (tertiary/aromatic N) is 4. The zero-order valence-corrected chi connectivity index (χ0v) is 15.6. The summed E-state index contributed by atoms with van der Waals surface area (Å²) < 4.78 is 0. The Morgan fingerprint density at radius 3 is 2.39 bits per heavy atom. The Bertz CT molecular complexity index is 890. The fourth-order valence-corrected chi connectivity index (χ4v) is 3.89. The van der Waals surface area contributed by atoms with Crippen LogP contribution >= 0.6 is 0 Å². The number of hydrogen-bond acceptors (Lipinski definition) is 5. The van der Waals surface area contributed by atoms with Crippen LogP contribution in [0.25, 0.3) is 11.1 Å². The van der Waals surface area contributed by atoms with Crippen molar-refractivity contribution in [2.24, 2.45) is 10.7 Å². The lowest BCUT2D eigenvalue weighted by molar-refractivity contribution is 0.175. The summed E-state index contributed by atoms with van der Waals surface area (Å²) in [6.45, 7) is 0.836. The normalized spacial score (nSPS) is 21.4. The molecule has 0 radical (unpaired) electrons. The number of aliphatic hydroxyl groups excluding tert-OH is 1. The van der Waals surface area contributed by atoms with Crippen LogP contribution < -0.4 is 11.5 Å². The van der Waals surface area contributed by atoms with E-state index >= 15 is 0 Å². The van der Waals surface area contributed by atoms with Crippen LogP contribution in [0.4, 0.5) is 10.7 Å². The fraction of sp³-hybridized carbons (Fsp3) is 0.400. The molecule has 2 amide bonds. The Hall–Kier alpha value is -3.00. The largest absolute Gasteiger partial charge is 0.391 e. The van der Waals surface area contributed by atoms with Gasteiger partial charge in [0.15, 0.2) is 0 Å². The van der Waals surface area contributed by atoms with Gasteiger partial charge in [-0.1, -0.05) is 30.7 Å². The summed E-state index contributed by atoms with van der Waals surface area (Å²) in [4.78, 5) is 26.2. The Morgan fingerprint density at radius 2 is 1.86 bits per heavy atom. The van der Waals surface area contributed by atoms with Crippen LogP contribution in [0.5, 0.6) is 0 Å². The molecule has 2 aliphatic rings. The Labute approximate surface area is 163 Å². The standard InChI is InChI=1S/C20H24N6O2/c21-17(25-19(28)26-9-6-16(27)12-26)20(7-1-8-20)15-4-2-13(3-5-15)14-10-23-18(22)24-11-14/h2-5,10-11,16,27H,1,6-9,12H2,(H2,21,25,28)(H2,22,23,24)/t16-/m0/s1. The molecule has 1 aliphatic carbocycles. The number of amidine groups is 1. The summed E-state index contributed by atoms with van der Waals surface area (Å²) in [6.07, 6.45) is 6.27. The Morgan fingerprint density at radius 1 is 1.18 bits per heavy atom. The number of carbonyl (C=O) groups is 1. The van der Waals surface area contributed by atoms with Gasteiger partial charge in [0.25, 0.3) is 0 Å². The number of hydrogen-bond donors (Lipinski definition) is 3. The van der Waals surface area contributed by atoms with Crippen LogP contribution in [-0.4, -0.2) is 51.0 Å². The summed E-state index contributed by atoms with van der Waals surface area (Å²) in [6, 6.07) is 7.68. The number of aromatic nitrogens is 2. The second-order valence-corrected chi connectivity index (χ2v) is 7.51. The average molecular weight is 380 g/mol. The van der Waals surface area contributed by atoms with Gasteiger partial charge in [0, 0.05) is 31.0 Å². The lowest BCUT2D eigenvalue weighted by Gasteiger charge is -2.41. The van der Waals surface area contributed by atoms with Gasteiger partial charge in [-0.2, -0.15) is 4.99 Å². The lowest BCUT2D eigenvalue weighted by atomic mass is 9.63. The number of amides is 2. The molecule has 0 unspecified atom stereocenters. The van der Waals surface area contributed by atoms with Gasteiger partial charge < -0.3 is 21.5 Å². The molecule has 28 heavy (non-hydrogen) atoms. The summed E-state index contributed by atoms with van der Waals surface area (Å²) in [5.41, 5.74) is 14.4. The van der Waals surface area contributed by atoms with Crippen molar-refractivity contribution in [3.63, 3.8) is 0 Å². The second-order valence-electron chi connectivity index (χ2n) is 7.51. The third-order valence-corrected chi connectivity index (χ3v) is 5.79.